The minimum absolute atomic E-state index is 0.316. The van der Waals surface area contributed by atoms with Gasteiger partial charge in [-0.15, -0.1) is 0 Å². The van der Waals surface area contributed by atoms with Gasteiger partial charge in [0.15, 0.2) is 5.69 Å². The summed E-state index contributed by atoms with van der Waals surface area (Å²) in [6, 6.07) is 8.56. The zero-order valence-corrected chi connectivity index (χ0v) is 16.7. The lowest BCUT2D eigenvalue weighted by Crippen LogP contribution is -2.39. The molecule has 6 nitrogen and oxygen atoms in total. The number of aryl methyl sites for hydroxylation is 1. The van der Waals surface area contributed by atoms with Gasteiger partial charge in [-0.05, 0) is 44.9 Å². The molecular formula is C21H29N3O3. The lowest BCUT2D eigenvalue weighted by atomic mass is 10.00. The Bertz CT molecular complexity index is 800. The van der Waals surface area contributed by atoms with E-state index >= 15 is 0 Å². The third-order valence-corrected chi connectivity index (χ3v) is 5.22. The van der Waals surface area contributed by atoms with E-state index in [2.05, 4.69) is 36.0 Å². The summed E-state index contributed by atoms with van der Waals surface area (Å²) in [6.45, 7) is 8.94. The van der Waals surface area contributed by atoms with Gasteiger partial charge in [-0.25, -0.2) is 4.79 Å². The first-order valence-corrected chi connectivity index (χ1v) is 9.70. The van der Waals surface area contributed by atoms with Crippen LogP contribution < -0.4 is 4.74 Å². The number of nitrogens with zero attached hydrogens (tertiary/aromatic N) is 3. The molecule has 1 atom stereocenters. The van der Waals surface area contributed by atoms with Crippen molar-refractivity contribution in [2.45, 2.75) is 52.7 Å². The molecule has 1 aliphatic rings. The molecule has 0 amide bonds. The highest BCUT2D eigenvalue weighted by molar-refractivity contribution is 5.89. The molecule has 0 saturated heterocycles. The monoisotopic (exact) mass is 371 g/mol. The Hall–Kier alpha value is -2.34. The SMILES string of the molecule is CCOC(=O)c1nn(CC)c2c1CN(C(C)Cc1cccc(OC)c1)CC2. The predicted molar refractivity (Wildman–Crippen MR) is 104 cm³/mol. The van der Waals surface area contributed by atoms with E-state index in [-0.39, 0.29) is 5.97 Å². The number of carbonyl (C=O) groups excluding carboxylic acids is 1. The molecule has 0 aliphatic carbocycles. The van der Waals surface area contributed by atoms with Crippen LogP contribution in [0, 0.1) is 0 Å². The van der Waals surface area contributed by atoms with Crippen LogP contribution in [-0.2, 0) is 30.7 Å². The first-order valence-electron chi connectivity index (χ1n) is 9.70. The minimum atomic E-state index is -0.316. The number of rotatable bonds is 7. The number of hydrogen-bond acceptors (Lipinski definition) is 5. The van der Waals surface area contributed by atoms with Crippen LogP contribution in [0.1, 0.15) is 48.1 Å². The Morgan fingerprint density at radius 3 is 2.85 bits per heavy atom. The van der Waals surface area contributed by atoms with Gasteiger partial charge in [0, 0.05) is 43.4 Å². The fourth-order valence-corrected chi connectivity index (χ4v) is 3.78. The molecule has 1 unspecified atom stereocenters. The summed E-state index contributed by atoms with van der Waals surface area (Å²) in [7, 11) is 1.69. The molecule has 1 aromatic heterocycles. The van der Waals surface area contributed by atoms with Crippen molar-refractivity contribution in [1.82, 2.24) is 14.7 Å². The van der Waals surface area contributed by atoms with E-state index in [1.54, 1.807) is 7.11 Å². The van der Waals surface area contributed by atoms with Crippen LogP contribution in [0.4, 0.5) is 0 Å². The van der Waals surface area contributed by atoms with Gasteiger partial charge in [0.25, 0.3) is 0 Å². The number of hydrogen-bond donors (Lipinski definition) is 0. The molecule has 6 heteroatoms. The van der Waals surface area contributed by atoms with Gasteiger partial charge in [0.1, 0.15) is 5.75 Å². The second kappa shape index (κ2) is 8.57. The van der Waals surface area contributed by atoms with Gasteiger partial charge in [0.05, 0.1) is 13.7 Å². The Morgan fingerprint density at radius 1 is 1.33 bits per heavy atom. The van der Waals surface area contributed by atoms with Crippen molar-refractivity contribution in [3.05, 3.63) is 46.8 Å². The van der Waals surface area contributed by atoms with Crippen LogP contribution in [0.25, 0.3) is 0 Å². The van der Waals surface area contributed by atoms with Crippen molar-refractivity contribution < 1.29 is 14.3 Å². The predicted octanol–water partition coefficient (Wildman–Crippen LogP) is 3.08. The van der Waals surface area contributed by atoms with Gasteiger partial charge in [-0.2, -0.15) is 5.10 Å². The van der Waals surface area contributed by atoms with Gasteiger partial charge in [0.2, 0.25) is 0 Å². The van der Waals surface area contributed by atoms with Crippen LogP contribution in [0.5, 0.6) is 5.75 Å². The summed E-state index contributed by atoms with van der Waals surface area (Å²) in [5.74, 6) is 0.567. The maximum absolute atomic E-state index is 12.4. The van der Waals surface area contributed by atoms with Crippen LogP contribution in [0.15, 0.2) is 24.3 Å². The zero-order chi connectivity index (χ0) is 19.4. The first kappa shape index (κ1) is 19.4. The van der Waals surface area contributed by atoms with E-state index < -0.39 is 0 Å². The molecule has 3 rings (SSSR count). The van der Waals surface area contributed by atoms with E-state index in [0.717, 1.165) is 43.8 Å². The average molecular weight is 371 g/mol. The van der Waals surface area contributed by atoms with Gasteiger partial charge in [-0.1, -0.05) is 12.1 Å². The fraction of sp³-hybridized carbons (Fsp3) is 0.524. The van der Waals surface area contributed by atoms with E-state index in [0.29, 0.717) is 18.3 Å². The standard InChI is InChI=1S/C21H29N3O3/c1-5-24-19-10-11-23(14-18(19)20(22-24)21(25)27-6-2)15(3)12-16-8-7-9-17(13-16)26-4/h7-9,13,15H,5-6,10-12,14H2,1-4H3. The van der Waals surface area contributed by atoms with Gasteiger partial charge < -0.3 is 9.47 Å². The molecule has 1 aliphatic heterocycles. The minimum Gasteiger partial charge on any atom is -0.497 e. The number of carbonyl (C=O) groups is 1. The molecule has 0 saturated carbocycles. The second-order valence-corrected chi connectivity index (χ2v) is 6.94. The maximum atomic E-state index is 12.4. The number of benzene rings is 1. The molecular weight excluding hydrogens is 342 g/mol. The molecule has 2 aromatic rings. The molecule has 27 heavy (non-hydrogen) atoms. The van der Waals surface area contributed by atoms with Crippen molar-refractivity contribution in [3.8, 4) is 5.75 Å². The second-order valence-electron chi connectivity index (χ2n) is 6.94. The number of aromatic nitrogens is 2. The van der Waals surface area contributed by atoms with E-state index in [1.165, 1.54) is 11.3 Å². The van der Waals surface area contributed by atoms with Crippen molar-refractivity contribution in [2.75, 3.05) is 20.3 Å². The highest BCUT2D eigenvalue weighted by Gasteiger charge is 2.30. The van der Waals surface area contributed by atoms with Crippen LogP contribution in [0.3, 0.4) is 0 Å². The quantitative estimate of drug-likeness (QED) is 0.700. The highest BCUT2D eigenvalue weighted by atomic mass is 16.5. The van der Waals surface area contributed by atoms with Crippen molar-refractivity contribution in [1.29, 1.82) is 0 Å². The molecule has 0 N–H and O–H groups in total. The molecule has 1 aromatic carbocycles. The summed E-state index contributed by atoms with van der Waals surface area (Å²) in [6.07, 6.45) is 1.83. The van der Waals surface area contributed by atoms with E-state index in [4.69, 9.17) is 9.47 Å². The highest BCUT2D eigenvalue weighted by Crippen LogP contribution is 2.26. The Labute approximate surface area is 161 Å². The van der Waals surface area contributed by atoms with E-state index in [9.17, 15) is 4.79 Å². The Kier molecular flexibility index (Phi) is 6.16. The molecule has 2 heterocycles. The summed E-state index contributed by atoms with van der Waals surface area (Å²) < 4.78 is 12.5. The number of fused-ring (bicyclic) bond motifs is 1. The Balaban J connectivity index is 1.78. The van der Waals surface area contributed by atoms with Crippen LogP contribution in [0.2, 0.25) is 0 Å². The van der Waals surface area contributed by atoms with Crippen molar-refractivity contribution in [3.63, 3.8) is 0 Å². The van der Waals surface area contributed by atoms with Crippen molar-refractivity contribution >= 4 is 5.97 Å². The zero-order valence-electron chi connectivity index (χ0n) is 16.7. The molecule has 146 valence electrons. The maximum Gasteiger partial charge on any atom is 0.359 e. The first-order chi connectivity index (χ1) is 13.1. The van der Waals surface area contributed by atoms with Gasteiger partial charge in [-0.3, -0.25) is 9.58 Å². The normalized spacial score (nSPS) is 15.3. The fourth-order valence-electron chi connectivity index (χ4n) is 3.78. The number of esters is 1. The molecule has 0 radical (unpaired) electrons. The van der Waals surface area contributed by atoms with Gasteiger partial charge >= 0.3 is 5.97 Å². The van der Waals surface area contributed by atoms with E-state index in [1.807, 2.05) is 23.7 Å². The van der Waals surface area contributed by atoms with Crippen LogP contribution in [-0.4, -0.2) is 47.0 Å². The molecule has 0 bridgehead atoms. The Morgan fingerprint density at radius 2 is 2.15 bits per heavy atom. The summed E-state index contributed by atoms with van der Waals surface area (Å²) >= 11 is 0. The third kappa shape index (κ3) is 4.16. The number of ether oxygens (including phenoxy) is 2. The summed E-state index contributed by atoms with van der Waals surface area (Å²) in [4.78, 5) is 14.8. The van der Waals surface area contributed by atoms with Crippen LogP contribution >= 0.6 is 0 Å². The average Bonchev–Trinajstić information content (AvgIpc) is 3.06. The van der Waals surface area contributed by atoms with Crippen molar-refractivity contribution in [2.24, 2.45) is 0 Å². The summed E-state index contributed by atoms with van der Waals surface area (Å²) in [5.41, 5.74) is 3.93. The molecule has 0 fully saturated rings. The largest absolute Gasteiger partial charge is 0.497 e. The third-order valence-electron chi connectivity index (χ3n) is 5.22. The number of methoxy groups -OCH3 is 1. The lowest BCUT2D eigenvalue weighted by molar-refractivity contribution is 0.0515. The molecule has 0 spiro atoms. The topological polar surface area (TPSA) is 56.6 Å². The smallest absolute Gasteiger partial charge is 0.359 e. The lowest BCUT2D eigenvalue weighted by Gasteiger charge is -2.33. The summed E-state index contributed by atoms with van der Waals surface area (Å²) in [5, 5.41) is 4.53.